The fourth-order valence-corrected chi connectivity index (χ4v) is 5.29. The molecule has 2 rings (SSSR count). The predicted octanol–water partition coefficient (Wildman–Crippen LogP) is 4.18. The van der Waals surface area contributed by atoms with E-state index in [0.717, 1.165) is 16.5 Å². The van der Waals surface area contributed by atoms with Crippen molar-refractivity contribution in [1.82, 2.24) is 20.1 Å². The van der Waals surface area contributed by atoms with Crippen LogP contribution in [0, 0.1) is 11.3 Å². The van der Waals surface area contributed by atoms with Crippen LogP contribution in [0.15, 0.2) is 42.1 Å². The molecule has 3 atom stereocenters. The first-order chi connectivity index (χ1) is 18.0. The van der Waals surface area contributed by atoms with Gasteiger partial charge < -0.3 is 24.8 Å². The van der Waals surface area contributed by atoms with Gasteiger partial charge in [0.25, 0.3) is 0 Å². The standard InChI is InChI=1S/C31H48N4O4/c1-19(2)24(17-20(3)29(38)39-12)35(11)28(37)26(30(4,5)6)33-27(36)25(32-9)31(7,8)22-18-34(10)23-16-14-13-15-21(22)23/h13-19,24-26,32H,1-12H3,(H,33,36)/b20-17+/t24-,25-,26-/m1/s1. The van der Waals surface area contributed by atoms with E-state index in [0.29, 0.717) is 5.57 Å². The summed E-state index contributed by atoms with van der Waals surface area (Å²) in [5.74, 6) is -0.874. The number of hydrogen-bond acceptors (Lipinski definition) is 5. The van der Waals surface area contributed by atoms with E-state index in [9.17, 15) is 14.4 Å². The number of carbonyl (C=O) groups excluding carboxylic acids is 3. The van der Waals surface area contributed by atoms with Gasteiger partial charge in [-0.15, -0.1) is 0 Å². The number of likely N-dealkylation sites (N-methyl/N-ethyl adjacent to an activating group) is 2. The van der Waals surface area contributed by atoms with Crippen LogP contribution in [-0.4, -0.2) is 66.6 Å². The lowest BCUT2D eigenvalue weighted by Gasteiger charge is -2.39. The zero-order valence-electron chi connectivity index (χ0n) is 25.8. The molecular formula is C31H48N4O4. The number of esters is 1. The van der Waals surface area contributed by atoms with E-state index in [1.807, 2.05) is 67.6 Å². The van der Waals surface area contributed by atoms with E-state index < -0.39 is 28.9 Å². The number of carbonyl (C=O) groups is 3. The molecule has 39 heavy (non-hydrogen) atoms. The number of ether oxygens (including phenoxy) is 1. The Labute approximate surface area is 234 Å². The van der Waals surface area contributed by atoms with Crippen LogP contribution in [-0.2, 0) is 31.6 Å². The molecule has 0 bridgehead atoms. The number of methoxy groups -OCH3 is 1. The van der Waals surface area contributed by atoms with Gasteiger partial charge in [-0.25, -0.2) is 4.79 Å². The highest BCUT2D eigenvalue weighted by Gasteiger charge is 2.42. The largest absolute Gasteiger partial charge is 0.466 e. The monoisotopic (exact) mass is 540 g/mol. The van der Waals surface area contributed by atoms with Crippen molar-refractivity contribution in [3.05, 3.63) is 47.7 Å². The molecule has 1 aromatic carbocycles. The quantitative estimate of drug-likeness (QED) is 0.349. The van der Waals surface area contributed by atoms with Crippen molar-refractivity contribution in [1.29, 1.82) is 0 Å². The van der Waals surface area contributed by atoms with Crippen LogP contribution in [0.3, 0.4) is 0 Å². The summed E-state index contributed by atoms with van der Waals surface area (Å²) in [6, 6.07) is 6.39. The van der Waals surface area contributed by atoms with Crippen LogP contribution in [0.25, 0.3) is 10.9 Å². The first kappa shape index (κ1) is 32.1. The molecule has 0 saturated heterocycles. The Balaban J connectivity index is 2.43. The average Bonchev–Trinajstić information content (AvgIpc) is 3.21. The summed E-state index contributed by atoms with van der Waals surface area (Å²) in [7, 11) is 6.82. The summed E-state index contributed by atoms with van der Waals surface area (Å²) in [6.45, 7) is 15.6. The van der Waals surface area contributed by atoms with E-state index in [4.69, 9.17) is 4.74 Å². The summed E-state index contributed by atoms with van der Waals surface area (Å²) in [6.07, 6.45) is 3.83. The molecule has 8 nitrogen and oxygen atoms in total. The van der Waals surface area contributed by atoms with Crippen LogP contribution in [0.4, 0.5) is 0 Å². The number of nitrogens with one attached hydrogen (secondary N) is 2. The Kier molecular flexibility index (Phi) is 10.2. The molecule has 0 aliphatic rings. The topological polar surface area (TPSA) is 92.7 Å². The fraction of sp³-hybridized carbons (Fsp3) is 0.581. The number of para-hydroxylation sites is 1. The maximum atomic E-state index is 13.9. The van der Waals surface area contributed by atoms with Crippen LogP contribution < -0.4 is 10.6 Å². The van der Waals surface area contributed by atoms with Gasteiger partial charge in [0.05, 0.1) is 19.2 Å². The molecule has 2 aromatic rings. The molecule has 8 heteroatoms. The molecule has 2 amide bonds. The third kappa shape index (κ3) is 6.90. The number of rotatable bonds is 10. The van der Waals surface area contributed by atoms with Gasteiger partial charge in [0.15, 0.2) is 0 Å². The predicted molar refractivity (Wildman–Crippen MR) is 157 cm³/mol. The summed E-state index contributed by atoms with van der Waals surface area (Å²) < 4.78 is 6.92. The molecule has 0 aliphatic carbocycles. The summed E-state index contributed by atoms with van der Waals surface area (Å²) >= 11 is 0. The van der Waals surface area contributed by atoms with E-state index in [1.165, 1.54) is 7.11 Å². The summed E-state index contributed by atoms with van der Waals surface area (Å²) in [5, 5.41) is 7.40. The molecule has 0 saturated carbocycles. The van der Waals surface area contributed by atoms with Crippen molar-refractivity contribution in [2.75, 3.05) is 21.2 Å². The Hall–Kier alpha value is -3.13. The minimum atomic E-state index is -0.790. The maximum Gasteiger partial charge on any atom is 0.333 e. The molecular weight excluding hydrogens is 492 g/mol. The molecule has 1 heterocycles. The number of aryl methyl sites for hydroxylation is 1. The fourth-order valence-electron chi connectivity index (χ4n) is 5.29. The van der Waals surface area contributed by atoms with Gasteiger partial charge in [0.1, 0.15) is 6.04 Å². The van der Waals surface area contributed by atoms with Crippen molar-refractivity contribution in [2.24, 2.45) is 18.4 Å². The van der Waals surface area contributed by atoms with Crippen LogP contribution in [0.5, 0.6) is 0 Å². The first-order valence-electron chi connectivity index (χ1n) is 13.5. The van der Waals surface area contributed by atoms with Gasteiger partial charge in [-0.1, -0.05) is 72.7 Å². The molecule has 0 aliphatic heterocycles. The molecule has 0 fully saturated rings. The second-order valence-electron chi connectivity index (χ2n) is 12.4. The number of hydrogen-bond donors (Lipinski definition) is 2. The highest BCUT2D eigenvalue weighted by atomic mass is 16.5. The second kappa shape index (κ2) is 12.4. The summed E-state index contributed by atoms with van der Waals surface area (Å²) in [4.78, 5) is 41.5. The lowest BCUT2D eigenvalue weighted by molar-refractivity contribution is -0.141. The van der Waals surface area contributed by atoms with Crippen LogP contribution in [0.1, 0.15) is 61.0 Å². The van der Waals surface area contributed by atoms with Crippen molar-refractivity contribution in [2.45, 2.75) is 78.9 Å². The Morgan fingerprint density at radius 3 is 2.15 bits per heavy atom. The van der Waals surface area contributed by atoms with Crippen molar-refractivity contribution in [3.8, 4) is 0 Å². The van der Waals surface area contributed by atoms with Gasteiger partial charge >= 0.3 is 5.97 Å². The van der Waals surface area contributed by atoms with Crippen LogP contribution in [0.2, 0.25) is 0 Å². The third-order valence-electron chi connectivity index (χ3n) is 7.67. The first-order valence-corrected chi connectivity index (χ1v) is 13.5. The van der Waals surface area contributed by atoms with Crippen molar-refractivity contribution < 1.29 is 19.1 Å². The molecule has 0 radical (unpaired) electrons. The zero-order chi connectivity index (χ0) is 29.9. The minimum absolute atomic E-state index is 0.0326. The van der Waals surface area contributed by atoms with E-state index in [1.54, 1.807) is 32.0 Å². The normalized spacial score (nSPS) is 15.2. The minimum Gasteiger partial charge on any atom is -0.466 e. The van der Waals surface area contributed by atoms with Gasteiger partial charge in [-0.2, -0.15) is 0 Å². The Morgan fingerprint density at radius 1 is 1.05 bits per heavy atom. The van der Waals surface area contributed by atoms with E-state index in [2.05, 4.69) is 33.5 Å². The van der Waals surface area contributed by atoms with E-state index >= 15 is 0 Å². The van der Waals surface area contributed by atoms with Crippen molar-refractivity contribution in [3.63, 3.8) is 0 Å². The molecule has 1 aromatic heterocycles. The number of fused-ring (bicyclic) bond motifs is 1. The maximum absolute atomic E-state index is 13.9. The highest BCUT2D eigenvalue weighted by molar-refractivity contribution is 5.93. The third-order valence-corrected chi connectivity index (χ3v) is 7.67. The average molecular weight is 541 g/mol. The Morgan fingerprint density at radius 2 is 1.64 bits per heavy atom. The van der Waals surface area contributed by atoms with Gasteiger partial charge in [0.2, 0.25) is 11.8 Å². The highest BCUT2D eigenvalue weighted by Crippen LogP contribution is 2.35. The SMILES string of the molecule is CN[C@H](C(=O)N[C@H](C(=O)N(C)[C@H](/C=C(\C)C(=O)OC)C(C)C)C(C)(C)C)C(C)(C)c1cn(C)c2ccccc12. The summed E-state index contributed by atoms with van der Waals surface area (Å²) in [5.41, 5.74) is 1.42. The second-order valence-corrected chi connectivity index (χ2v) is 12.4. The number of benzene rings is 1. The number of nitrogens with zero attached hydrogens (tertiary/aromatic N) is 2. The van der Waals surface area contributed by atoms with Crippen LogP contribution >= 0.6 is 0 Å². The molecule has 0 spiro atoms. The van der Waals surface area contributed by atoms with E-state index in [-0.39, 0.29) is 23.8 Å². The lowest BCUT2D eigenvalue weighted by Crippen LogP contribution is -2.61. The Bertz CT molecular complexity index is 1220. The molecule has 0 unspecified atom stereocenters. The van der Waals surface area contributed by atoms with Gasteiger partial charge in [0, 0.05) is 42.2 Å². The molecule has 216 valence electrons. The number of aromatic nitrogens is 1. The smallest absolute Gasteiger partial charge is 0.333 e. The zero-order valence-corrected chi connectivity index (χ0v) is 25.8. The number of amides is 2. The van der Waals surface area contributed by atoms with Gasteiger partial charge in [-0.3, -0.25) is 9.59 Å². The lowest BCUT2D eigenvalue weighted by atomic mass is 9.76. The molecule has 2 N–H and O–H groups in total. The van der Waals surface area contributed by atoms with Crippen molar-refractivity contribution >= 4 is 28.7 Å². The van der Waals surface area contributed by atoms with Gasteiger partial charge in [-0.05, 0) is 36.9 Å².